The highest BCUT2D eigenvalue weighted by Crippen LogP contribution is 2.11. The molecule has 0 aliphatic rings. The summed E-state index contributed by atoms with van der Waals surface area (Å²) in [4.78, 5) is 29.4. The molecule has 0 saturated carbocycles. The lowest BCUT2D eigenvalue weighted by molar-refractivity contribution is -0.143. The van der Waals surface area contributed by atoms with Gasteiger partial charge in [-0.15, -0.1) is 11.3 Å². The van der Waals surface area contributed by atoms with Crippen LogP contribution >= 0.6 is 11.3 Å². The molecule has 0 aliphatic carbocycles. The molecule has 0 spiro atoms. The average Bonchev–Trinajstić information content (AvgIpc) is 2.98. The number of carbonyl (C=O) groups excluding carboxylic acids is 2. The first-order valence-corrected chi connectivity index (χ1v) is 7.12. The Morgan fingerprint density at radius 2 is 2.05 bits per heavy atom. The minimum absolute atomic E-state index is 0.418. The number of benzene rings is 1. The maximum Gasteiger partial charge on any atom is 0.315 e. The van der Waals surface area contributed by atoms with Crippen LogP contribution in [-0.2, 0) is 16.1 Å². The molecule has 0 atom stereocenters. The van der Waals surface area contributed by atoms with E-state index in [2.05, 4.69) is 10.3 Å². The van der Waals surface area contributed by atoms with Gasteiger partial charge in [0.2, 0.25) is 0 Å². The van der Waals surface area contributed by atoms with Gasteiger partial charge in [0.05, 0.1) is 0 Å². The second kappa shape index (κ2) is 6.81. The minimum atomic E-state index is -0.655. The summed E-state index contributed by atoms with van der Waals surface area (Å²) in [5.74, 6) is -1.20. The summed E-state index contributed by atoms with van der Waals surface area (Å²) >= 11 is 1.28. The monoisotopic (exact) mass is 289 g/mol. The van der Waals surface area contributed by atoms with Crippen molar-refractivity contribution in [3.8, 4) is 0 Å². The van der Waals surface area contributed by atoms with Crippen LogP contribution in [0.2, 0.25) is 0 Å². The van der Waals surface area contributed by atoms with Crippen LogP contribution in [0.4, 0.5) is 5.13 Å². The molecule has 6 heteroatoms. The van der Waals surface area contributed by atoms with Gasteiger partial charge in [-0.3, -0.25) is 14.9 Å². The predicted molar refractivity (Wildman–Crippen MR) is 78.3 cm³/mol. The van der Waals surface area contributed by atoms with E-state index in [9.17, 15) is 9.59 Å². The lowest BCUT2D eigenvalue weighted by Crippen LogP contribution is -2.39. The zero-order valence-electron chi connectivity index (χ0n) is 11.1. The molecule has 0 aliphatic heterocycles. The molecule has 1 aromatic carbocycles. The van der Waals surface area contributed by atoms with E-state index in [1.807, 2.05) is 37.3 Å². The van der Waals surface area contributed by atoms with Crippen molar-refractivity contribution in [2.45, 2.75) is 13.5 Å². The Balaban J connectivity index is 1.99. The number of aromatic nitrogens is 1. The van der Waals surface area contributed by atoms with Gasteiger partial charge in [0, 0.05) is 24.7 Å². The Bertz CT molecular complexity index is 569. The van der Waals surface area contributed by atoms with Gasteiger partial charge in [-0.05, 0) is 12.5 Å². The number of anilines is 1. The van der Waals surface area contributed by atoms with Gasteiger partial charge in [-0.1, -0.05) is 30.3 Å². The summed E-state index contributed by atoms with van der Waals surface area (Å²) in [6, 6.07) is 9.58. The molecular weight excluding hydrogens is 274 g/mol. The summed E-state index contributed by atoms with van der Waals surface area (Å²) < 4.78 is 0. The standard InChI is InChI=1S/C14H15N3O2S/c1-2-17(10-11-6-4-3-5-7-11)13(19)12(18)16-14-15-8-9-20-14/h3-9H,2,10H2,1H3,(H,15,16,18). The molecule has 2 aromatic rings. The second-order valence-electron chi connectivity index (χ2n) is 4.10. The predicted octanol–water partition coefficient (Wildman–Crippen LogP) is 2.13. The lowest BCUT2D eigenvalue weighted by atomic mass is 10.2. The van der Waals surface area contributed by atoms with Crippen LogP contribution in [0.5, 0.6) is 0 Å². The molecule has 0 bridgehead atoms. The van der Waals surface area contributed by atoms with Crippen LogP contribution in [0.3, 0.4) is 0 Å². The smallest absolute Gasteiger partial charge is 0.315 e. The van der Waals surface area contributed by atoms with Crippen molar-refractivity contribution in [1.82, 2.24) is 9.88 Å². The Morgan fingerprint density at radius 3 is 2.65 bits per heavy atom. The summed E-state index contributed by atoms with van der Waals surface area (Å²) in [6.45, 7) is 2.73. The van der Waals surface area contributed by atoms with Gasteiger partial charge < -0.3 is 4.90 Å². The van der Waals surface area contributed by atoms with Crippen LogP contribution in [-0.4, -0.2) is 28.2 Å². The fourth-order valence-electron chi connectivity index (χ4n) is 1.71. The van der Waals surface area contributed by atoms with E-state index in [0.717, 1.165) is 5.56 Å². The van der Waals surface area contributed by atoms with Gasteiger partial charge in [-0.2, -0.15) is 0 Å². The normalized spacial score (nSPS) is 10.1. The SMILES string of the molecule is CCN(Cc1ccccc1)C(=O)C(=O)Nc1nccs1. The van der Waals surface area contributed by atoms with E-state index in [1.54, 1.807) is 11.6 Å². The Morgan fingerprint density at radius 1 is 1.30 bits per heavy atom. The van der Waals surface area contributed by atoms with Crippen molar-refractivity contribution < 1.29 is 9.59 Å². The van der Waals surface area contributed by atoms with Gasteiger partial charge in [0.25, 0.3) is 0 Å². The second-order valence-corrected chi connectivity index (χ2v) is 4.99. The molecule has 104 valence electrons. The molecule has 5 nitrogen and oxygen atoms in total. The van der Waals surface area contributed by atoms with E-state index in [1.165, 1.54) is 16.2 Å². The van der Waals surface area contributed by atoms with Gasteiger partial charge in [0.15, 0.2) is 5.13 Å². The molecule has 2 amide bonds. The van der Waals surface area contributed by atoms with Crippen molar-refractivity contribution in [3.63, 3.8) is 0 Å². The topological polar surface area (TPSA) is 62.3 Å². The molecule has 0 fully saturated rings. The third-order valence-electron chi connectivity index (χ3n) is 2.73. The van der Waals surface area contributed by atoms with Crippen molar-refractivity contribution in [1.29, 1.82) is 0 Å². The number of nitrogens with zero attached hydrogens (tertiary/aromatic N) is 2. The van der Waals surface area contributed by atoms with Crippen molar-refractivity contribution in [2.75, 3.05) is 11.9 Å². The maximum atomic E-state index is 12.1. The first-order valence-electron chi connectivity index (χ1n) is 6.24. The number of hydrogen-bond acceptors (Lipinski definition) is 4. The molecule has 0 saturated heterocycles. The van der Waals surface area contributed by atoms with Gasteiger partial charge in [-0.25, -0.2) is 4.98 Å². The van der Waals surface area contributed by atoms with E-state index < -0.39 is 11.8 Å². The van der Waals surface area contributed by atoms with Crippen LogP contribution < -0.4 is 5.32 Å². The molecule has 1 aromatic heterocycles. The third-order valence-corrected chi connectivity index (χ3v) is 3.42. The van der Waals surface area contributed by atoms with Crippen molar-refractivity contribution >= 4 is 28.3 Å². The van der Waals surface area contributed by atoms with Crippen molar-refractivity contribution in [3.05, 3.63) is 47.5 Å². The largest absolute Gasteiger partial charge is 0.330 e. The summed E-state index contributed by atoms with van der Waals surface area (Å²) in [5, 5.41) is 4.67. The molecule has 1 heterocycles. The quantitative estimate of drug-likeness (QED) is 0.877. The maximum absolute atomic E-state index is 12.1. The zero-order valence-corrected chi connectivity index (χ0v) is 11.9. The third kappa shape index (κ3) is 3.64. The number of nitrogens with one attached hydrogen (secondary N) is 1. The molecule has 0 unspecified atom stereocenters. The summed E-state index contributed by atoms with van der Waals surface area (Å²) in [5.41, 5.74) is 0.991. The van der Waals surface area contributed by atoms with Crippen LogP contribution in [0.15, 0.2) is 41.9 Å². The average molecular weight is 289 g/mol. The highest BCUT2D eigenvalue weighted by molar-refractivity contribution is 7.13. The number of rotatable bonds is 4. The summed E-state index contributed by atoms with van der Waals surface area (Å²) in [6.07, 6.45) is 1.58. The molecule has 0 radical (unpaired) electrons. The highest BCUT2D eigenvalue weighted by Gasteiger charge is 2.21. The van der Waals surface area contributed by atoms with E-state index in [-0.39, 0.29) is 0 Å². The first-order chi connectivity index (χ1) is 9.70. The Labute approximate surface area is 121 Å². The molecule has 2 rings (SSSR count). The van der Waals surface area contributed by atoms with Crippen LogP contribution in [0, 0.1) is 0 Å². The van der Waals surface area contributed by atoms with E-state index >= 15 is 0 Å². The fraction of sp³-hybridized carbons (Fsp3) is 0.214. The zero-order chi connectivity index (χ0) is 14.4. The fourth-order valence-corrected chi connectivity index (χ4v) is 2.23. The van der Waals surface area contributed by atoms with E-state index in [4.69, 9.17) is 0 Å². The summed E-state index contributed by atoms with van der Waals surface area (Å²) in [7, 11) is 0. The Hall–Kier alpha value is -2.21. The first kappa shape index (κ1) is 14.2. The lowest BCUT2D eigenvalue weighted by Gasteiger charge is -2.19. The van der Waals surface area contributed by atoms with Gasteiger partial charge in [0.1, 0.15) is 0 Å². The number of thiazole rings is 1. The number of hydrogen-bond donors (Lipinski definition) is 1. The Kier molecular flexibility index (Phi) is 4.84. The minimum Gasteiger partial charge on any atom is -0.330 e. The highest BCUT2D eigenvalue weighted by atomic mass is 32.1. The molecule has 20 heavy (non-hydrogen) atoms. The number of likely N-dealkylation sites (N-methyl/N-ethyl adjacent to an activating group) is 1. The number of amides is 2. The van der Waals surface area contributed by atoms with E-state index in [0.29, 0.717) is 18.2 Å². The van der Waals surface area contributed by atoms with Crippen molar-refractivity contribution in [2.24, 2.45) is 0 Å². The molecule has 1 N–H and O–H groups in total. The van der Waals surface area contributed by atoms with Gasteiger partial charge >= 0.3 is 11.8 Å². The van der Waals surface area contributed by atoms with Crippen LogP contribution in [0.25, 0.3) is 0 Å². The molecular formula is C14H15N3O2S. The number of carbonyl (C=O) groups is 2. The van der Waals surface area contributed by atoms with Crippen LogP contribution in [0.1, 0.15) is 12.5 Å².